The molecule has 1 aliphatic carbocycles. The highest BCUT2D eigenvalue weighted by atomic mass is 32.1. The van der Waals surface area contributed by atoms with Crippen molar-refractivity contribution >= 4 is 28.3 Å². The average molecular weight is 378 g/mol. The number of ether oxygens (including phenoxy) is 1. The highest BCUT2D eigenvalue weighted by molar-refractivity contribution is 7.15. The van der Waals surface area contributed by atoms with Crippen molar-refractivity contribution in [3.63, 3.8) is 0 Å². The maximum atomic E-state index is 12.4. The largest absolute Gasteiger partial charge is 0.368 e. The number of hydrogen-bond acceptors (Lipinski definition) is 6. The highest BCUT2D eigenvalue weighted by Gasteiger charge is 2.30. The second-order valence-electron chi connectivity index (χ2n) is 7.25. The summed E-state index contributed by atoms with van der Waals surface area (Å²) in [5, 5.41) is 3.68. The van der Waals surface area contributed by atoms with Gasteiger partial charge in [-0.1, -0.05) is 0 Å². The van der Waals surface area contributed by atoms with Crippen LogP contribution in [0, 0.1) is 0 Å². The van der Waals surface area contributed by atoms with E-state index >= 15 is 0 Å². The van der Waals surface area contributed by atoms with Crippen LogP contribution in [-0.2, 0) is 27.2 Å². The molecule has 4 rings (SSSR count). The minimum Gasteiger partial charge on any atom is -0.368 e. The lowest BCUT2D eigenvalue weighted by atomic mass is 10.0. The normalized spacial score (nSPS) is 23.7. The minimum absolute atomic E-state index is 0.0185. The molecule has 3 heterocycles. The Morgan fingerprint density at radius 3 is 2.69 bits per heavy atom. The van der Waals surface area contributed by atoms with Crippen molar-refractivity contribution in [3.05, 3.63) is 10.6 Å². The van der Waals surface area contributed by atoms with E-state index < -0.39 is 0 Å². The summed E-state index contributed by atoms with van der Waals surface area (Å²) in [6.07, 6.45) is 6.08. The summed E-state index contributed by atoms with van der Waals surface area (Å²) in [6.45, 7) is 3.82. The molecular formula is C18H26N4O3S. The van der Waals surface area contributed by atoms with Gasteiger partial charge in [0.25, 0.3) is 5.91 Å². The minimum atomic E-state index is -0.249. The Morgan fingerprint density at radius 1 is 1.15 bits per heavy atom. The molecular weight excluding hydrogens is 352 g/mol. The molecule has 1 aromatic heterocycles. The molecule has 2 saturated heterocycles. The average Bonchev–Trinajstić information content (AvgIpc) is 3.31. The summed E-state index contributed by atoms with van der Waals surface area (Å²) in [6, 6.07) is 0. The van der Waals surface area contributed by atoms with Gasteiger partial charge in [0.1, 0.15) is 6.10 Å². The molecule has 26 heavy (non-hydrogen) atoms. The molecule has 2 fully saturated rings. The van der Waals surface area contributed by atoms with Crippen LogP contribution in [0.1, 0.15) is 36.3 Å². The number of aryl methyl sites for hydroxylation is 2. The van der Waals surface area contributed by atoms with Gasteiger partial charge in [-0.2, -0.15) is 0 Å². The van der Waals surface area contributed by atoms with Crippen molar-refractivity contribution in [2.75, 3.05) is 44.6 Å². The first kappa shape index (κ1) is 17.9. The smallest absolute Gasteiger partial charge is 0.251 e. The van der Waals surface area contributed by atoms with E-state index in [1.807, 2.05) is 4.90 Å². The monoisotopic (exact) mass is 378 g/mol. The summed E-state index contributed by atoms with van der Waals surface area (Å²) in [5.74, 6) is 0.0926. The topological polar surface area (TPSA) is 74.8 Å². The Labute approximate surface area is 157 Å². The molecule has 1 N–H and O–H groups in total. The standard InChI is InChI=1S/C18H26N4O3S/c23-16(20-18-19-13-4-1-2-6-15(13)26-18)12-21-7-9-22(10-8-21)17(24)14-5-3-11-25-14/h14H,1-12H2,(H,19,20,23). The third kappa shape index (κ3) is 4.07. The van der Waals surface area contributed by atoms with Crippen LogP contribution in [0.2, 0.25) is 0 Å². The van der Waals surface area contributed by atoms with Crippen molar-refractivity contribution < 1.29 is 14.3 Å². The molecule has 0 radical (unpaired) electrons. The van der Waals surface area contributed by atoms with Crippen LogP contribution in [0.15, 0.2) is 0 Å². The van der Waals surface area contributed by atoms with E-state index in [1.165, 1.54) is 17.7 Å². The van der Waals surface area contributed by atoms with E-state index in [2.05, 4.69) is 15.2 Å². The number of carbonyl (C=O) groups excluding carboxylic acids is 2. The van der Waals surface area contributed by atoms with Crippen molar-refractivity contribution in [1.29, 1.82) is 0 Å². The number of thiazole rings is 1. The molecule has 8 heteroatoms. The molecule has 0 saturated carbocycles. The summed E-state index contributed by atoms with van der Waals surface area (Å²) >= 11 is 1.62. The van der Waals surface area contributed by atoms with E-state index in [0.29, 0.717) is 26.2 Å². The van der Waals surface area contributed by atoms with E-state index in [9.17, 15) is 9.59 Å². The molecule has 2 aliphatic heterocycles. The number of piperazine rings is 1. The Bertz CT molecular complexity index is 640. The zero-order chi connectivity index (χ0) is 17.9. The van der Waals surface area contributed by atoms with Gasteiger partial charge in [0.15, 0.2) is 5.13 Å². The molecule has 0 aromatic carbocycles. The maximum absolute atomic E-state index is 12.4. The number of amides is 2. The Hall–Kier alpha value is -1.51. The first-order valence-corrected chi connectivity index (χ1v) is 10.4. The molecule has 3 aliphatic rings. The van der Waals surface area contributed by atoms with E-state index in [4.69, 9.17) is 4.74 Å². The quantitative estimate of drug-likeness (QED) is 0.854. The summed E-state index contributed by atoms with van der Waals surface area (Å²) in [5.41, 5.74) is 1.16. The number of fused-ring (bicyclic) bond motifs is 1. The molecule has 0 spiro atoms. The van der Waals surface area contributed by atoms with Crippen LogP contribution in [0.5, 0.6) is 0 Å². The van der Waals surface area contributed by atoms with Crippen LogP contribution in [-0.4, -0.2) is 72.0 Å². The number of hydrogen-bond donors (Lipinski definition) is 1. The number of nitrogens with one attached hydrogen (secondary N) is 1. The summed E-state index contributed by atoms with van der Waals surface area (Å²) in [4.78, 5) is 34.6. The number of carbonyl (C=O) groups is 2. The SMILES string of the molecule is O=C(CN1CCN(C(=O)C2CCCO2)CC1)Nc1nc2c(s1)CCCC2. The van der Waals surface area contributed by atoms with E-state index in [1.54, 1.807) is 11.3 Å². The van der Waals surface area contributed by atoms with Gasteiger partial charge in [-0.3, -0.25) is 14.5 Å². The van der Waals surface area contributed by atoms with Gasteiger partial charge in [-0.05, 0) is 38.5 Å². The Kier molecular flexibility index (Phi) is 5.52. The fraction of sp³-hybridized carbons (Fsp3) is 0.722. The first-order valence-electron chi connectivity index (χ1n) is 9.60. The van der Waals surface area contributed by atoms with Crippen LogP contribution in [0.3, 0.4) is 0 Å². The summed E-state index contributed by atoms with van der Waals surface area (Å²) < 4.78 is 5.49. The highest BCUT2D eigenvalue weighted by Crippen LogP contribution is 2.29. The predicted molar refractivity (Wildman–Crippen MR) is 99.4 cm³/mol. The zero-order valence-corrected chi connectivity index (χ0v) is 15.9. The molecule has 0 bridgehead atoms. The first-order chi connectivity index (χ1) is 12.7. The van der Waals surface area contributed by atoms with Gasteiger partial charge in [-0.25, -0.2) is 4.98 Å². The van der Waals surface area contributed by atoms with Crippen LogP contribution < -0.4 is 5.32 Å². The second-order valence-corrected chi connectivity index (χ2v) is 8.33. The second kappa shape index (κ2) is 8.02. The predicted octanol–water partition coefficient (Wildman–Crippen LogP) is 1.28. The zero-order valence-electron chi connectivity index (χ0n) is 15.0. The van der Waals surface area contributed by atoms with Crippen molar-refractivity contribution in [3.8, 4) is 0 Å². The van der Waals surface area contributed by atoms with Gasteiger partial charge >= 0.3 is 0 Å². The van der Waals surface area contributed by atoms with E-state index in [0.717, 1.165) is 49.6 Å². The third-order valence-electron chi connectivity index (χ3n) is 5.35. The number of nitrogens with zero attached hydrogens (tertiary/aromatic N) is 3. The fourth-order valence-corrected chi connectivity index (χ4v) is 4.94. The van der Waals surface area contributed by atoms with Crippen molar-refractivity contribution in [2.24, 2.45) is 0 Å². The molecule has 1 unspecified atom stereocenters. The van der Waals surface area contributed by atoms with Gasteiger partial charge in [-0.15, -0.1) is 11.3 Å². The lowest BCUT2D eigenvalue weighted by Gasteiger charge is -2.35. The van der Waals surface area contributed by atoms with Crippen LogP contribution in [0.4, 0.5) is 5.13 Å². The maximum Gasteiger partial charge on any atom is 0.251 e. The lowest BCUT2D eigenvalue weighted by molar-refractivity contribution is -0.142. The van der Waals surface area contributed by atoms with Crippen molar-refractivity contribution in [2.45, 2.75) is 44.6 Å². The summed E-state index contributed by atoms with van der Waals surface area (Å²) in [7, 11) is 0. The van der Waals surface area contributed by atoms with Gasteiger partial charge in [0, 0.05) is 37.7 Å². The molecule has 142 valence electrons. The van der Waals surface area contributed by atoms with E-state index in [-0.39, 0.29) is 17.9 Å². The molecule has 1 atom stereocenters. The van der Waals surface area contributed by atoms with Gasteiger partial charge < -0.3 is 15.0 Å². The lowest BCUT2D eigenvalue weighted by Crippen LogP contribution is -2.52. The van der Waals surface area contributed by atoms with Gasteiger partial charge in [0.2, 0.25) is 5.91 Å². The molecule has 1 aromatic rings. The van der Waals surface area contributed by atoms with Crippen molar-refractivity contribution in [1.82, 2.24) is 14.8 Å². The van der Waals surface area contributed by atoms with Crippen LogP contribution in [0.25, 0.3) is 0 Å². The number of aromatic nitrogens is 1. The third-order valence-corrected chi connectivity index (χ3v) is 6.42. The number of rotatable bonds is 4. The van der Waals surface area contributed by atoms with Crippen LogP contribution >= 0.6 is 11.3 Å². The molecule has 7 nitrogen and oxygen atoms in total. The van der Waals surface area contributed by atoms with Gasteiger partial charge in [0.05, 0.1) is 12.2 Å². The fourth-order valence-electron chi connectivity index (χ4n) is 3.87. The Morgan fingerprint density at radius 2 is 1.96 bits per heavy atom. The molecule has 2 amide bonds. The Balaban J connectivity index is 1.23. The number of anilines is 1.